The number of methoxy groups -OCH3 is 1. The van der Waals surface area contributed by atoms with Crippen LogP contribution in [0.3, 0.4) is 0 Å². The van der Waals surface area contributed by atoms with Crippen molar-refractivity contribution < 1.29 is 28.6 Å². The Morgan fingerprint density at radius 1 is 1.05 bits per heavy atom. The first kappa shape index (κ1) is 24.8. The van der Waals surface area contributed by atoms with E-state index in [-0.39, 0.29) is 24.5 Å². The number of carbonyl (C=O) groups is 2. The van der Waals surface area contributed by atoms with Gasteiger partial charge in [0.25, 0.3) is 5.91 Å². The van der Waals surface area contributed by atoms with Crippen LogP contribution in [0.25, 0.3) is 11.0 Å². The zero-order valence-electron chi connectivity index (χ0n) is 20.0. The van der Waals surface area contributed by atoms with Crippen LogP contribution in [0.5, 0.6) is 5.75 Å². The molecule has 8 heteroatoms. The van der Waals surface area contributed by atoms with Crippen molar-refractivity contribution in [2.45, 2.75) is 12.6 Å². The molecule has 0 radical (unpaired) electrons. The fourth-order valence-corrected chi connectivity index (χ4v) is 4.81. The van der Waals surface area contributed by atoms with E-state index in [1.54, 1.807) is 30.3 Å². The van der Waals surface area contributed by atoms with Crippen LogP contribution in [0.4, 0.5) is 0 Å². The molecule has 2 heterocycles. The molecule has 1 aromatic heterocycles. The molecular formula is C29H24BrNO6. The number of aliphatic hydroxyl groups excluding tert-OH is 1. The van der Waals surface area contributed by atoms with Gasteiger partial charge in [0, 0.05) is 23.5 Å². The van der Waals surface area contributed by atoms with Crippen molar-refractivity contribution in [2.24, 2.45) is 0 Å². The molecule has 0 saturated carbocycles. The van der Waals surface area contributed by atoms with Crippen molar-refractivity contribution >= 4 is 38.6 Å². The molecular weight excluding hydrogens is 538 g/mol. The van der Waals surface area contributed by atoms with Gasteiger partial charge in [0.05, 0.1) is 18.2 Å². The Kier molecular flexibility index (Phi) is 7.12. The molecule has 0 spiro atoms. The van der Waals surface area contributed by atoms with Gasteiger partial charge >= 0.3 is 0 Å². The molecule has 0 fully saturated rings. The van der Waals surface area contributed by atoms with E-state index in [2.05, 4.69) is 15.9 Å². The van der Waals surface area contributed by atoms with Crippen molar-refractivity contribution in [3.8, 4) is 5.75 Å². The Morgan fingerprint density at radius 3 is 2.65 bits per heavy atom. The first-order valence-electron chi connectivity index (χ1n) is 11.7. The van der Waals surface area contributed by atoms with E-state index in [1.165, 1.54) is 12.0 Å². The van der Waals surface area contributed by atoms with Crippen molar-refractivity contribution in [3.05, 3.63) is 112 Å². The van der Waals surface area contributed by atoms with Crippen LogP contribution in [0.2, 0.25) is 0 Å². The van der Waals surface area contributed by atoms with Crippen molar-refractivity contribution in [3.63, 3.8) is 0 Å². The molecule has 1 atom stereocenters. The average molecular weight is 562 g/mol. The molecule has 0 saturated heterocycles. The predicted octanol–water partition coefficient (Wildman–Crippen LogP) is 6.00. The molecule has 3 aromatic carbocycles. The van der Waals surface area contributed by atoms with E-state index in [0.29, 0.717) is 23.5 Å². The zero-order chi connectivity index (χ0) is 25.9. The monoisotopic (exact) mass is 561 g/mol. The molecule has 5 rings (SSSR count). The molecule has 0 aliphatic carbocycles. The minimum atomic E-state index is -0.838. The van der Waals surface area contributed by atoms with Crippen LogP contribution in [0.1, 0.15) is 27.7 Å². The molecule has 4 aromatic rings. The van der Waals surface area contributed by atoms with Gasteiger partial charge in [0.1, 0.15) is 17.9 Å². The molecule has 1 amide bonds. The number of ether oxygens (including phenoxy) is 2. The summed E-state index contributed by atoms with van der Waals surface area (Å²) in [6.45, 7) is 0.783. The Labute approximate surface area is 222 Å². The van der Waals surface area contributed by atoms with Gasteiger partial charge in [-0.1, -0.05) is 58.4 Å². The minimum Gasteiger partial charge on any atom is -0.503 e. The van der Waals surface area contributed by atoms with Gasteiger partial charge in [0.2, 0.25) is 5.78 Å². The molecule has 1 aliphatic rings. The van der Waals surface area contributed by atoms with Crippen LogP contribution in [-0.2, 0) is 16.1 Å². The first-order valence-corrected chi connectivity index (χ1v) is 12.5. The molecule has 1 N–H and O–H groups in total. The van der Waals surface area contributed by atoms with Crippen LogP contribution in [0.15, 0.2) is 99.1 Å². The van der Waals surface area contributed by atoms with Gasteiger partial charge in [-0.3, -0.25) is 9.59 Å². The van der Waals surface area contributed by atoms with Gasteiger partial charge in [0.15, 0.2) is 11.5 Å². The van der Waals surface area contributed by atoms with E-state index >= 15 is 0 Å². The van der Waals surface area contributed by atoms with Crippen molar-refractivity contribution in [1.82, 2.24) is 4.90 Å². The average Bonchev–Trinajstić information content (AvgIpc) is 3.45. The number of fused-ring (bicyclic) bond motifs is 1. The second-order valence-corrected chi connectivity index (χ2v) is 9.54. The van der Waals surface area contributed by atoms with Gasteiger partial charge in [-0.25, -0.2) is 0 Å². The van der Waals surface area contributed by atoms with Crippen LogP contribution in [-0.4, -0.2) is 42.0 Å². The highest BCUT2D eigenvalue weighted by molar-refractivity contribution is 9.10. The maximum absolute atomic E-state index is 13.7. The maximum atomic E-state index is 13.7. The molecule has 0 bridgehead atoms. The number of furan rings is 1. The molecule has 37 heavy (non-hydrogen) atoms. The van der Waals surface area contributed by atoms with Gasteiger partial charge in [-0.05, 0) is 47.5 Å². The number of rotatable bonds is 9. The summed E-state index contributed by atoms with van der Waals surface area (Å²) in [6.07, 6.45) is 0. The van der Waals surface area contributed by atoms with Crippen molar-refractivity contribution in [2.75, 3.05) is 20.3 Å². The summed E-state index contributed by atoms with van der Waals surface area (Å²) in [5.41, 5.74) is 2.12. The Hall–Kier alpha value is -3.88. The summed E-state index contributed by atoms with van der Waals surface area (Å²) in [7, 11) is 1.53. The number of halogens is 1. The maximum Gasteiger partial charge on any atom is 0.290 e. The normalized spacial score (nSPS) is 15.6. The van der Waals surface area contributed by atoms with Crippen LogP contribution < -0.4 is 4.74 Å². The minimum absolute atomic E-state index is 0.0394. The quantitative estimate of drug-likeness (QED) is 0.252. The number of ketones is 1. The standard InChI is InChI=1S/C29H24BrNO6/c1-35-13-12-31-26(19-8-5-9-22(15-19)36-17-18-6-3-2-4-7-18)25(28(33)29(31)34)27(32)24-16-20-14-21(30)10-11-23(20)37-24/h2-11,14-16,26,33H,12-13,17H2,1H3. The van der Waals surface area contributed by atoms with E-state index < -0.39 is 23.5 Å². The highest BCUT2D eigenvalue weighted by atomic mass is 79.9. The summed E-state index contributed by atoms with van der Waals surface area (Å²) >= 11 is 3.42. The van der Waals surface area contributed by atoms with Gasteiger partial charge in [-0.15, -0.1) is 0 Å². The van der Waals surface area contributed by atoms with E-state index in [4.69, 9.17) is 13.9 Å². The molecule has 188 valence electrons. The third-order valence-corrected chi connectivity index (χ3v) is 6.70. The zero-order valence-corrected chi connectivity index (χ0v) is 21.6. The number of nitrogens with zero attached hydrogens (tertiary/aromatic N) is 1. The van der Waals surface area contributed by atoms with Crippen LogP contribution >= 0.6 is 15.9 Å². The molecule has 1 aliphatic heterocycles. The molecule has 7 nitrogen and oxygen atoms in total. The topological polar surface area (TPSA) is 89.2 Å². The van der Waals surface area contributed by atoms with E-state index in [1.807, 2.05) is 48.5 Å². The lowest BCUT2D eigenvalue weighted by molar-refractivity contribution is -0.130. The third-order valence-electron chi connectivity index (χ3n) is 6.21. The Morgan fingerprint density at radius 2 is 1.86 bits per heavy atom. The predicted molar refractivity (Wildman–Crippen MR) is 141 cm³/mol. The van der Waals surface area contributed by atoms with Gasteiger partial charge in [-0.2, -0.15) is 0 Å². The fourth-order valence-electron chi connectivity index (χ4n) is 4.43. The fraction of sp³-hybridized carbons (Fsp3) is 0.172. The summed E-state index contributed by atoms with van der Waals surface area (Å²) < 4.78 is 17.8. The lowest BCUT2D eigenvalue weighted by Gasteiger charge is -2.26. The lowest BCUT2D eigenvalue weighted by atomic mass is 9.95. The highest BCUT2D eigenvalue weighted by Gasteiger charge is 2.44. The van der Waals surface area contributed by atoms with Gasteiger partial charge < -0.3 is 23.9 Å². The smallest absolute Gasteiger partial charge is 0.290 e. The second-order valence-electron chi connectivity index (χ2n) is 8.62. The number of Topliss-reactive ketones (excluding diaryl/α,β-unsaturated/α-hetero) is 1. The molecule has 1 unspecified atom stereocenters. The third kappa shape index (κ3) is 5.03. The summed E-state index contributed by atoms with van der Waals surface area (Å²) in [5.74, 6) is -1.17. The van der Waals surface area contributed by atoms with Crippen molar-refractivity contribution in [1.29, 1.82) is 0 Å². The second kappa shape index (κ2) is 10.6. The number of hydrogen-bond acceptors (Lipinski definition) is 6. The number of hydrogen-bond donors (Lipinski definition) is 1. The summed E-state index contributed by atoms with van der Waals surface area (Å²) in [5, 5.41) is 11.6. The number of benzene rings is 3. The van der Waals surface area contributed by atoms with Crippen LogP contribution in [0, 0.1) is 0 Å². The largest absolute Gasteiger partial charge is 0.503 e. The number of aliphatic hydroxyl groups is 1. The SMILES string of the molecule is COCCN1C(=O)C(O)=C(C(=O)c2cc3cc(Br)ccc3o2)C1c1cccc(OCc2ccccc2)c1. The highest BCUT2D eigenvalue weighted by Crippen LogP contribution is 2.40. The Balaban J connectivity index is 1.51. The van der Waals surface area contributed by atoms with E-state index in [9.17, 15) is 14.7 Å². The summed E-state index contributed by atoms with van der Waals surface area (Å²) in [4.78, 5) is 28.2. The lowest BCUT2D eigenvalue weighted by Crippen LogP contribution is -2.34. The first-order chi connectivity index (χ1) is 18.0. The number of amides is 1. The summed E-state index contributed by atoms with van der Waals surface area (Å²) in [6, 6.07) is 23.1. The number of carbonyl (C=O) groups excluding carboxylic acids is 2. The Bertz CT molecular complexity index is 1490. The van der Waals surface area contributed by atoms with E-state index in [0.717, 1.165) is 15.4 Å².